The smallest absolute Gasteiger partial charge is 0.240 e. The Hall–Kier alpha value is -1.89. The second kappa shape index (κ2) is 6.33. The van der Waals surface area contributed by atoms with Gasteiger partial charge in [0.25, 0.3) is 0 Å². The molecule has 1 heterocycles. The first kappa shape index (κ1) is 15.2. The molecule has 1 unspecified atom stereocenters. The third-order valence-electron chi connectivity index (χ3n) is 2.68. The molecular weight excluding hydrogens is 244 g/mol. The SMILES string of the molecule is CC(C)c1nc(NN)cc(NC(C(N)=O)C(C)C)n1. The van der Waals surface area contributed by atoms with E-state index in [9.17, 15) is 4.79 Å². The van der Waals surface area contributed by atoms with Gasteiger partial charge in [-0.2, -0.15) is 0 Å². The van der Waals surface area contributed by atoms with Gasteiger partial charge in [-0.3, -0.25) is 4.79 Å². The zero-order valence-corrected chi connectivity index (χ0v) is 11.8. The van der Waals surface area contributed by atoms with Gasteiger partial charge in [0.2, 0.25) is 5.91 Å². The minimum absolute atomic E-state index is 0.0595. The Bertz CT molecular complexity index is 446. The van der Waals surface area contributed by atoms with Crippen molar-refractivity contribution in [2.45, 2.75) is 39.7 Å². The summed E-state index contributed by atoms with van der Waals surface area (Å²) in [5.74, 6) is 6.84. The maximum Gasteiger partial charge on any atom is 0.240 e. The van der Waals surface area contributed by atoms with Crippen LogP contribution in [0.15, 0.2) is 6.07 Å². The van der Waals surface area contributed by atoms with E-state index in [2.05, 4.69) is 20.7 Å². The zero-order valence-electron chi connectivity index (χ0n) is 11.8. The third-order valence-corrected chi connectivity index (χ3v) is 2.68. The number of primary amides is 1. The molecule has 0 aliphatic carbocycles. The third kappa shape index (κ3) is 4.06. The highest BCUT2D eigenvalue weighted by molar-refractivity contribution is 5.83. The number of nitrogens with zero attached hydrogens (tertiary/aromatic N) is 2. The van der Waals surface area contributed by atoms with Crippen molar-refractivity contribution >= 4 is 17.5 Å². The van der Waals surface area contributed by atoms with Crippen LogP contribution in [-0.4, -0.2) is 21.9 Å². The highest BCUT2D eigenvalue weighted by Gasteiger charge is 2.20. The van der Waals surface area contributed by atoms with E-state index in [0.29, 0.717) is 17.5 Å². The Labute approximate surface area is 113 Å². The first-order valence-corrected chi connectivity index (χ1v) is 6.26. The van der Waals surface area contributed by atoms with Crippen molar-refractivity contribution < 1.29 is 4.79 Å². The first-order chi connectivity index (χ1) is 8.85. The van der Waals surface area contributed by atoms with Crippen molar-refractivity contribution in [2.24, 2.45) is 17.5 Å². The van der Waals surface area contributed by atoms with Gasteiger partial charge >= 0.3 is 0 Å². The molecule has 0 aromatic carbocycles. The summed E-state index contributed by atoms with van der Waals surface area (Å²) in [4.78, 5) is 20.0. The molecule has 1 atom stereocenters. The monoisotopic (exact) mass is 266 g/mol. The quantitative estimate of drug-likeness (QED) is 0.447. The van der Waals surface area contributed by atoms with E-state index >= 15 is 0 Å². The van der Waals surface area contributed by atoms with Crippen LogP contribution in [0.1, 0.15) is 39.4 Å². The predicted octanol–water partition coefficient (Wildman–Crippen LogP) is 0.807. The summed E-state index contributed by atoms with van der Waals surface area (Å²) >= 11 is 0. The Balaban J connectivity index is 3.05. The van der Waals surface area contributed by atoms with E-state index in [-0.39, 0.29) is 11.8 Å². The van der Waals surface area contributed by atoms with Gasteiger partial charge in [0, 0.05) is 12.0 Å². The Morgan fingerprint density at radius 1 is 1.21 bits per heavy atom. The van der Waals surface area contributed by atoms with Gasteiger partial charge in [0.05, 0.1) is 0 Å². The van der Waals surface area contributed by atoms with E-state index in [4.69, 9.17) is 11.6 Å². The summed E-state index contributed by atoms with van der Waals surface area (Å²) in [6, 6.07) is 1.16. The van der Waals surface area contributed by atoms with Crippen molar-refractivity contribution in [3.05, 3.63) is 11.9 Å². The summed E-state index contributed by atoms with van der Waals surface area (Å²) in [6.07, 6.45) is 0. The molecule has 0 fully saturated rings. The molecule has 7 heteroatoms. The van der Waals surface area contributed by atoms with Gasteiger partial charge in [0.1, 0.15) is 23.5 Å². The lowest BCUT2D eigenvalue weighted by atomic mass is 10.0. The van der Waals surface area contributed by atoms with Crippen LogP contribution in [0.3, 0.4) is 0 Å². The summed E-state index contributed by atoms with van der Waals surface area (Å²) in [7, 11) is 0. The average Bonchev–Trinajstić information content (AvgIpc) is 2.34. The maximum atomic E-state index is 11.4. The van der Waals surface area contributed by atoms with Crippen LogP contribution in [0.5, 0.6) is 0 Å². The van der Waals surface area contributed by atoms with E-state index in [1.165, 1.54) is 0 Å². The van der Waals surface area contributed by atoms with Crippen LogP contribution in [0, 0.1) is 5.92 Å². The Morgan fingerprint density at radius 3 is 2.21 bits per heavy atom. The molecule has 0 saturated carbocycles. The molecule has 1 aromatic rings. The van der Waals surface area contributed by atoms with Gasteiger partial charge in [-0.15, -0.1) is 0 Å². The van der Waals surface area contributed by atoms with Gasteiger partial charge < -0.3 is 16.5 Å². The fourth-order valence-corrected chi connectivity index (χ4v) is 1.60. The number of aromatic nitrogens is 2. The Morgan fingerprint density at radius 2 is 1.79 bits per heavy atom. The van der Waals surface area contributed by atoms with Crippen molar-refractivity contribution in [3.63, 3.8) is 0 Å². The number of hydrazine groups is 1. The molecule has 0 spiro atoms. The zero-order chi connectivity index (χ0) is 14.6. The molecule has 7 nitrogen and oxygen atoms in total. The van der Waals surface area contributed by atoms with Gasteiger partial charge in [0.15, 0.2) is 0 Å². The van der Waals surface area contributed by atoms with Crippen LogP contribution in [0.25, 0.3) is 0 Å². The number of nitrogens with one attached hydrogen (secondary N) is 2. The molecule has 1 aromatic heterocycles. The van der Waals surface area contributed by atoms with Crippen molar-refractivity contribution in [1.29, 1.82) is 0 Å². The van der Waals surface area contributed by atoms with Crippen molar-refractivity contribution in [2.75, 3.05) is 10.7 Å². The minimum atomic E-state index is -0.486. The number of anilines is 2. The summed E-state index contributed by atoms with van der Waals surface area (Å²) in [5.41, 5.74) is 7.86. The number of hydrogen-bond donors (Lipinski definition) is 4. The van der Waals surface area contributed by atoms with E-state index in [1.54, 1.807) is 6.07 Å². The second-order valence-electron chi connectivity index (χ2n) is 5.06. The first-order valence-electron chi connectivity index (χ1n) is 6.26. The largest absolute Gasteiger partial charge is 0.368 e. The number of nitrogen functional groups attached to an aromatic ring is 1. The molecule has 0 aliphatic heterocycles. The fraction of sp³-hybridized carbons (Fsp3) is 0.583. The molecule has 0 aliphatic rings. The summed E-state index contributed by atoms with van der Waals surface area (Å²) in [5, 5.41) is 3.03. The lowest BCUT2D eigenvalue weighted by Crippen LogP contribution is -2.39. The topological polar surface area (TPSA) is 119 Å². The molecule has 1 amide bonds. The van der Waals surface area contributed by atoms with Crippen LogP contribution in [-0.2, 0) is 4.79 Å². The van der Waals surface area contributed by atoms with Crippen molar-refractivity contribution in [3.8, 4) is 0 Å². The number of carbonyl (C=O) groups is 1. The highest BCUT2D eigenvalue weighted by atomic mass is 16.1. The number of hydrogen-bond acceptors (Lipinski definition) is 6. The molecule has 1 rings (SSSR count). The number of rotatable bonds is 6. The summed E-state index contributed by atoms with van der Waals surface area (Å²) in [6.45, 7) is 7.78. The standard InChI is InChI=1S/C12H22N6O/c1-6(2)10(11(13)19)15-8-5-9(18-14)17-12(16-8)7(3)4/h5-7,10H,14H2,1-4H3,(H2,13,19)(H2,15,16,17,18). The van der Waals surface area contributed by atoms with E-state index in [0.717, 1.165) is 0 Å². The summed E-state index contributed by atoms with van der Waals surface area (Å²) < 4.78 is 0. The van der Waals surface area contributed by atoms with Gasteiger partial charge in [-0.25, -0.2) is 15.8 Å². The van der Waals surface area contributed by atoms with Gasteiger partial charge in [-0.05, 0) is 5.92 Å². The average molecular weight is 266 g/mol. The normalized spacial score (nSPS) is 12.6. The molecule has 106 valence electrons. The van der Waals surface area contributed by atoms with Crippen LogP contribution < -0.4 is 22.3 Å². The molecule has 0 radical (unpaired) electrons. The predicted molar refractivity (Wildman–Crippen MR) is 75.4 cm³/mol. The number of nitrogens with two attached hydrogens (primary N) is 2. The van der Waals surface area contributed by atoms with Crippen LogP contribution in [0.2, 0.25) is 0 Å². The molecule has 0 saturated heterocycles. The molecule has 6 N–H and O–H groups in total. The van der Waals surface area contributed by atoms with Crippen LogP contribution >= 0.6 is 0 Å². The molecule has 0 bridgehead atoms. The molecule has 19 heavy (non-hydrogen) atoms. The lowest BCUT2D eigenvalue weighted by molar-refractivity contribution is -0.119. The van der Waals surface area contributed by atoms with Gasteiger partial charge in [-0.1, -0.05) is 27.7 Å². The maximum absolute atomic E-state index is 11.4. The number of carbonyl (C=O) groups excluding carboxylic acids is 1. The lowest BCUT2D eigenvalue weighted by Gasteiger charge is -2.20. The Kier molecular flexibility index (Phi) is 5.05. The fourth-order valence-electron chi connectivity index (χ4n) is 1.60. The number of amides is 1. The second-order valence-corrected chi connectivity index (χ2v) is 5.06. The van der Waals surface area contributed by atoms with Crippen molar-refractivity contribution in [1.82, 2.24) is 9.97 Å². The van der Waals surface area contributed by atoms with E-state index in [1.807, 2.05) is 27.7 Å². The highest BCUT2D eigenvalue weighted by Crippen LogP contribution is 2.18. The minimum Gasteiger partial charge on any atom is -0.368 e. The van der Waals surface area contributed by atoms with Crippen LogP contribution in [0.4, 0.5) is 11.6 Å². The van der Waals surface area contributed by atoms with E-state index < -0.39 is 11.9 Å². The molecular formula is C12H22N6O.